The number of carboxylic acid groups (broad SMARTS) is 1. The van der Waals surface area contributed by atoms with E-state index in [-0.39, 0.29) is 11.8 Å². The minimum Gasteiger partial charge on any atom is -0.465 e. The van der Waals surface area contributed by atoms with Crippen molar-refractivity contribution in [2.45, 2.75) is 25.7 Å². The molecule has 0 spiro atoms. The van der Waals surface area contributed by atoms with Crippen molar-refractivity contribution in [2.24, 2.45) is 5.92 Å². The smallest absolute Gasteiger partial charge is 0.407 e. The lowest BCUT2D eigenvalue weighted by Gasteiger charge is -2.33. The lowest BCUT2D eigenvalue weighted by molar-refractivity contribution is -0.139. The third-order valence-corrected chi connectivity index (χ3v) is 3.90. The van der Waals surface area contributed by atoms with Crippen molar-refractivity contribution < 1.29 is 19.4 Å². The van der Waals surface area contributed by atoms with Crippen molar-refractivity contribution in [2.75, 3.05) is 39.4 Å². The predicted octanol–water partition coefficient (Wildman–Crippen LogP) is 1.02. The molecular formula is C13H22N2O4. The number of amides is 2. The maximum atomic E-state index is 12.4. The molecule has 108 valence electrons. The average Bonchev–Trinajstić information content (AvgIpc) is 2.38. The molecule has 2 saturated heterocycles. The lowest BCUT2D eigenvalue weighted by atomic mass is 9.98. The van der Waals surface area contributed by atoms with E-state index >= 15 is 0 Å². The monoisotopic (exact) mass is 270 g/mol. The van der Waals surface area contributed by atoms with Gasteiger partial charge in [-0.3, -0.25) is 4.79 Å². The van der Waals surface area contributed by atoms with Crippen molar-refractivity contribution in [3.8, 4) is 0 Å². The molecule has 0 atom stereocenters. The standard InChI is InChI=1S/C13H22N2O4/c16-12(11-3-9-19-10-4-11)14-5-1-2-6-15(8-7-14)13(17)18/h11H,1-10H2,(H,17,18). The van der Waals surface area contributed by atoms with Gasteiger partial charge in [0.05, 0.1) is 0 Å². The Bertz CT molecular complexity index is 329. The topological polar surface area (TPSA) is 70.1 Å². The second-order valence-corrected chi connectivity index (χ2v) is 5.19. The van der Waals surface area contributed by atoms with Crippen molar-refractivity contribution >= 4 is 12.0 Å². The molecule has 0 unspecified atom stereocenters. The Kier molecular flexibility index (Phi) is 5.01. The summed E-state index contributed by atoms with van der Waals surface area (Å²) in [5.74, 6) is 0.238. The van der Waals surface area contributed by atoms with Gasteiger partial charge in [-0.2, -0.15) is 0 Å². The molecule has 2 fully saturated rings. The number of hydrogen-bond donors (Lipinski definition) is 1. The molecule has 2 rings (SSSR count). The fraction of sp³-hybridized carbons (Fsp3) is 0.846. The Morgan fingerprint density at radius 3 is 2.16 bits per heavy atom. The summed E-state index contributed by atoms with van der Waals surface area (Å²) in [4.78, 5) is 26.6. The third-order valence-electron chi connectivity index (χ3n) is 3.90. The van der Waals surface area contributed by atoms with Crippen LogP contribution in [0.1, 0.15) is 25.7 Å². The van der Waals surface area contributed by atoms with Gasteiger partial charge in [-0.1, -0.05) is 0 Å². The highest BCUT2D eigenvalue weighted by Crippen LogP contribution is 2.18. The lowest BCUT2D eigenvalue weighted by Crippen LogP contribution is -2.46. The highest BCUT2D eigenvalue weighted by molar-refractivity contribution is 5.79. The van der Waals surface area contributed by atoms with E-state index in [0.717, 1.165) is 32.2 Å². The molecule has 0 radical (unpaired) electrons. The van der Waals surface area contributed by atoms with E-state index < -0.39 is 6.09 Å². The van der Waals surface area contributed by atoms with Gasteiger partial charge < -0.3 is 19.6 Å². The maximum Gasteiger partial charge on any atom is 0.407 e. The first-order valence-electron chi connectivity index (χ1n) is 7.03. The van der Waals surface area contributed by atoms with Crippen molar-refractivity contribution in [3.63, 3.8) is 0 Å². The van der Waals surface area contributed by atoms with Gasteiger partial charge in [-0.05, 0) is 25.7 Å². The van der Waals surface area contributed by atoms with Crippen LogP contribution < -0.4 is 0 Å². The maximum absolute atomic E-state index is 12.4. The second kappa shape index (κ2) is 6.75. The summed E-state index contributed by atoms with van der Waals surface area (Å²) in [5, 5.41) is 9.03. The molecule has 0 saturated carbocycles. The highest BCUT2D eigenvalue weighted by Gasteiger charge is 2.27. The Balaban J connectivity index is 1.90. The molecule has 0 aliphatic carbocycles. The van der Waals surface area contributed by atoms with Crippen LogP contribution in [0.5, 0.6) is 0 Å². The number of rotatable bonds is 1. The van der Waals surface area contributed by atoms with Crippen molar-refractivity contribution in [1.29, 1.82) is 0 Å². The first kappa shape index (κ1) is 14.1. The van der Waals surface area contributed by atoms with Gasteiger partial charge in [0.25, 0.3) is 0 Å². The zero-order valence-electron chi connectivity index (χ0n) is 11.2. The minimum atomic E-state index is -0.889. The summed E-state index contributed by atoms with van der Waals surface area (Å²) in [7, 11) is 0. The Hall–Kier alpha value is -1.30. The molecule has 2 amide bonds. The number of carbonyl (C=O) groups is 2. The second-order valence-electron chi connectivity index (χ2n) is 5.19. The number of hydrogen-bond acceptors (Lipinski definition) is 3. The summed E-state index contributed by atoms with van der Waals surface area (Å²) in [6.07, 6.45) is 2.39. The largest absolute Gasteiger partial charge is 0.465 e. The molecule has 0 aromatic rings. The van der Waals surface area contributed by atoms with E-state index in [4.69, 9.17) is 9.84 Å². The summed E-state index contributed by atoms with van der Waals surface area (Å²) >= 11 is 0. The summed E-state index contributed by atoms with van der Waals surface area (Å²) in [6, 6.07) is 0. The average molecular weight is 270 g/mol. The molecular weight excluding hydrogens is 248 g/mol. The van der Waals surface area contributed by atoms with Crippen LogP contribution in [0.15, 0.2) is 0 Å². The molecule has 1 N–H and O–H groups in total. The van der Waals surface area contributed by atoms with Gasteiger partial charge >= 0.3 is 6.09 Å². The van der Waals surface area contributed by atoms with Gasteiger partial charge in [0, 0.05) is 45.3 Å². The number of ether oxygens (including phenoxy) is 1. The van der Waals surface area contributed by atoms with Gasteiger partial charge in [-0.15, -0.1) is 0 Å². The molecule has 19 heavy (non-hydrogen) atoms. The van der Waals surface area contributed by atoms with Crippen LogP contribution in [0.2, 0.25) is 0 Å². The molecule has 2 aliphatic heterocycles. The van der Waals surface area contributed by atoms with Gasteiger partial charge in [0.1, 0.15) is 0 Å². The zero-order valence-corrected chi connectivity index (χ0v) is 11.2. The molecule has 0 aromatic heterocycles. The summed E-state index contributed by atoms with van der Waals surface area (Å²) in [5.41, 5.74) is 0. The van der Waals surface area contributed by atoms with Crippen LogP contribution in [0.25, 0.3) is 0 Å². The molecule has 0 bridgehead atoms. The van der Waals surface area contributed by atoms with E-state index in [1.807, 2.05) is 4.90 Å². The van der Waals surface area contributed by atoms with E-state index in [0.29, 0.717) is 32.8 Å². The number of carbonyl (C=O) groups excluding carboxylic acids is 1. The number of nitrogens with zero attached hydrogens (tertiary/aromatic N) is 2. The third kappa shape index (κ3) is 3.83. The van der Waals surface area contributed by atoms with E-state index in [2.05, 4.69) is 0 Å². The SMILES string of the molecule is O=C(O)N1CCCCN(C(=O)C2CCOCC2)CC1. The van der Waals surface area contributed by atoms with Crippen LogP contribution in [-0.4, -0.2) is 66.3 Å². The van der Waals surface area contributed by atoms with E-state index in [1.165, 1.54) is 4.90 Å². The molecule has 6 heteroatoms. The van der Waals surface area contributed by atoms with Gasteiger partial charge in [0.15, 0.2) is 0 Å². The van der Waals surface area contributed by atoms with Crippen molar-refractivity contribution in [3.05, 3.63) is 0 Å². The molecule has 2 heterocycles. The summed E-state index contributed by atoms with van der Waals surface area (Å²) in [6.45, 7) is 3.59. The molecule has 2 aliphatic rings. The van der Waals surface area contributed by atoms with Crippen LogP contribution in [0, 0.1) is 5.92 Å². The molecule has 0 aromatic carbocycles. The van der Waals surface area contributed by atoms with E-state index in [9.17, 15) is 9.59 Å². The fourth-order valence-electron chi connectivity index (χ4n) is 2.68. The van der Waals surface area contributed by atoms with Crippen molar-refractivity contribution in [1.82, 2.24) is 9.80 Å². The van der Waals surface area contributed by atoms with Crippen LogP contribution >= 0.6 is 0 Å². The Morgan fingerprint density at radius 1 is 0.947 bits per heavy atom. The quantitative estimate of drug-likeness (QED) is 0.772. The van der Waals surface area contributed by atoms with Gasteiger partial charge in [0.2, 0.25) is 5.91 Å². The fourth-order valence-corrected chi connectivity index (χ4v) is 2.68. The Labute approximate surface area is 113 Å². The predicted molar refractivity (Wildman–Crippen MR) is 69.0 cm³/mol. The van der Waals surface area contributed by atoms with E-state index in [1.54, 1.807) is 0 Å². The minimum absolute atomic E-state index is 0.0615. The normalized spacial score (nSPS) is 22.7. The van der Waals surface area contributed by atoms with Gasteiger partial charge in [-0.25, -0.2) is 4.79 Å². The first-order valence-corrected chi connectivity index (χ1v) is 7.03. The molecule has 6 nitrogen and oxygen atoms in total. The highest BCUT2D eigenvalue weighted by atomic mass is 16.5. The zero-order chi connectivity index (χ0) is 13.7. The van der Waals surface area contributed by atoms with Crippen LogP contribution in [-0.2, 0) is 9.53 Å². The Morgan fingerprint density at radius 2 is 1.53 bits per heavy atom. The van der Waals surface area contributed by atoms with Crippen LogP contribution in [0.3, 0.4) is 0 Å². The van der Waals surface area contributed by atoms with Crippen LogP contribution in [0.4, 0.5) is 4.79 Å². The summed E-state index contributed by atoms with van der Waals surface area (Å²) < 4.78 is 5.27. The first-order chi connectivity index (χ1) is 9.18.